The van der Waals surface area contributed by atoms with Crippen LogP contribution >= 0.6 is 0 Å². The third-order valence-corrected chi connectivity index (χ3v) is 7.07. The number of ether oxygens (including phenoxy) is 1. The molecule has 2 aliphatic rings. The Kier molecular flexibility index (Phi) is 5.24. The Hall–Kier alpha value is -3.88. The summed E-state index contributed by atoms with van der Waals surface area (Å²) in [5, 5.41) is 4.21. The van der Waals surface area contributed by atoms with Gasteiger partial charge in [0, 0.05) is 36.7 Å². The summed E-state index contributed by atoms with van der Waals surface area (Å²) in [7, 11) is 0. The summed E-state index contributed by atoms with van der Waals surface area (Å²) in [6.45, 7) is 2.53. The molecule has 1 saturated heterocycles. The van der Waals surface area contributed by atoms with Gasteiger partial charge in [0.25, 0.3) is 0 Å². The molecule has 2 aromatic carbocycles. The minimum atomic E-state index is -4.54. The van der Waals surface area contributed by atoms with Crippen LogP contribution in [0, 0.1) is 6.92 Å². The number of carbonyl (C=O) groups excluding carboxylic acids is 1. The molecule has 6 nitrogen and oxygen atoms in total. The molecule has 0 saturated carbocycles. The van der Waals surface area contributed by atoms with Gasteiger partial charge in [0.15, 0.2) is 5.65 Å². The van der Waals surface area contributed by atoms with Crippen molar-refractivity contribution < 1.29 is 22.7 Å². The monoisotopic (exact) mass is 492 g/mol. The first kappa shape index (κ1) is 22.6. The number of hydrogen-bond acceptors (Lipinski definition) is 4. The summed E-state index contributed by atoms with van der Waals surface area (Å²) in [6, 6.07) is 18.8. The van der Waals surface area contributed by atoms with E-state index >= 15 is 0 Å². The van der Waals surface area contributed by atoms with E-state index in [4.69, 9.17) is 4.74 Å². The van der Waals surface area contributed by atoms with Gasteiger partial charge in [0.2, 0.25) is 0 Å². The predicted octanol–water partition coefficient (Wildman–Crippen LogP) is 5.79. The minimum absolute atomic E-state index is 0.0340. The molecule has 1 aliphatic heterocycles. The summed E-state index contributed by atoms with van der Waals surface area (Å²) < 4.78 is 47.1. The van der Waals surface area contributed by atoms with E-state index in [9.17, 15) is 18.0 Å². The number of aryl methyl sites for hydroxylation is 1. The summed E-state index contributed by atoms with van der Waals surface area (Å²) in [5.74, 6) is -0.220. The van der Waals surface area contributed by atoms with Gasteiger partial charge in [-0.15, -0.1) is 0 Å². The molecule has 0 N–H and O–H groups in total. The van der Waals surface area contributed by atoms with Gasteiger partial charge in [-0.1, -0.05) is 48.5 Å². The molecule has 1 aliphatic carbocycles. The molecule has 1 fully saturated rings. The van der Waals surface area contributed by atoms with Crippen LogP contribution in [0.25, 0.3) is 16.8 Å². The number of likely N-dealkylation sites (tertiary alicyclic amines) is 1. The van der Waals surface area contributed by atoms with Crippen LogP contribution in [0.5, 0.6) is 0 Å². The summed E-state index contributed by atoms with van der Waals surface area (Å²) in [6.07, 6.45) is -4.37. The number of alkyl halides is 3. The van der Waals surface area contributed by atoms with Crippen LogP contribution in [0.1, 0.15) is 46.5 Å². The Labute approximate surface area is 205 Å². The molecule has 0 bridgehead atoms. The molecule has 4 aromatic rings. The Morgan fingerprint density at radius 2 is 1.72 bits per heavy atom. The van der Waals surface area contributed by atoms with Crippen LogP contribution < -0.4 is 0 Å². The molecule has 36 heavy (non-hydrogen) atoms. The van der Waals surface area contributed by atoms with Crippen molar-refractivity contribution >= 4 is 11.7 Å². The fourth-order valence-corrected chi connectivity index (χ4v) is 5.37. The molecule has 0 unspecified atom stereocenters. The number of benzene rings is 2. The predicted molar refractivity (Wildman–Crippen MR) is 127 cm³/mol. The molecule has 3 heterocycles. The van der Waals surface area contributed by atoms with E-state index in [0.717, 1.165) is 32.8 Å². The highest BCUT2D eigenvalue weighted by Gasteiger charge is 2.37. The van der Waals surface area contributed by atoms with Crippen LogP contribution in [-0.4, -0.2) is 45.3 Å². The lowest BCUT2D eigenvalue weighted by Gasteiger charge is -2.19. The Balaban J connectivity index is 1.16. The van der Waals surface area contributed by atoms with Gasteiger partial charge in [-0.2, -0.15) is 18.3 Å². The van der Waals surface area contributed by atoms with Crippen molar-refractivity contribution in [1.82, 2.24) is 19.5 Å². The first-order chi connectivity index (χ1) is 17.3. The van der Waals surface area contributed by atoms with E-state index in [0.29, 0.717) is 25.2 Å². The third-order valence-electron chi connectivity index (χ3n) is 7.07. The van der Waals surface area contributed by atoms with Gasteiger partial charge < -0.3 is 9.64 Å². The quantitative estimate of drug-likeness (QED) is 0.363. The average Bonchev–Trinajstić information content (AvgIpc) is 3.57. The largest absolute Gasteiger partial charge is 0.448 e. The molecule has 184 valence electrons. The molecule has 0 spiro atoms. The summed E-state index contributed by atoms with van der Waals surface area (Å²) in [5.41, 5.74) is 4.64. The smallest absolute Gasteiger partial charge is 0.433 e. The molecule has 2 aromatic heterocycles. The van der Waals surface area contributed by atoms with E-state index in [1.807, 2.05) is 24.3 Å². The number of fused-ring (bicyclic) bond motifs is 4. The first-order valence-electron chi connectivity index (χ1n) is 11.8. The second kappa shape index (κ2) is 8.36. The topological polar surface area (TPSA) is 59.7 Å². The average molecular weight is 493 g/mol. The van der Waals surface area contributed by atoms with Gasteiger partial charge >= 0.3 is 12.3 Å². The lowest BCUT2D eigenvalue weighted by Crippen LogP contribution is -2.30. The normalized spacial score (nSPS) is 17.4. The zero-order chi connectivity index (χ0) is 25.0. The number of halogens is 3. The second-order valence-electron chi connectivity index (χ2n) is 9.36. The maximum atomic E-state index is 13.5. The van der Waals surface area contributed by atoms with Crippen molar-refractivity contribution in [2.24, 2.45) is 0 Å². The standard InChI is InChI=1S/C27H23F3N4O2/c1-16-12-24(27(28,29)30)34-25(31-16)13-23(32-34)17-10-11-33(14-17)26(35)36-15-22-20-8-4-2-6-18(20)19-7-3-5-9-21(19)22/h2-9,12-13,17,22H,10-11,14-15H2,1H3/t17-/m0/s1. The number of nitrogens with zero attached hydrogens (tertiary/aromatic N) is 4. The van der Waals surface area contributed by atoms with Crippen LogP contribution in [0.15, 0.2) is 60.7 Å². The van der Waals surface area contributed by atoms with Gasteiger partial charge in [-0.3, -0.25) is 0 Å². The van der Waals surface area contributed by atoms with Crippen LogP contribution in [0.3, 0.4) is 0 Å². The van der Waals surface area contributed by atoms with Gasteiger partial charge in [0.1, 0.15) is 12.3 Å². The van der Waals surface area contributed by atoms with Crippen LogP contribution in [0.4, 0.5) is 18.0 Å². The zero-order valence-electron chi connectivity index (χ0n) is 19.5. The van der Waals surface area contributed by atoms with E-state index in [1.54, 1.807) is 11.0 Å². The van der Waals surface area contributed by atoms with Crippen molar-refractivity contribution in [3.63, 3.8) is 0 Å². The molecule has 9 heteroatoms. The van der Waals surface area contributed by atoms with E-state index in [1.165, 1.54) is 6.92 Å². The van der Waals surface area contributed by atoms with Crippen molar-refractivity contribution in [2.75, 3.05) is 19.7 Å². The fourth-order valence-electron chi connectivity index (χ4n) is 5.37. The maximum absolute atomic E-state index is 13.5. The summed E-state index contributed by atoms with van der Waals surface area (Å²) in [4.78, 5) is 18.7. The van der Waals surface area contributed by atoms with Gasteiger partial charge in [0.05, 0.1) is 5.69 Å². The minimum Gasteiger partial charge on any atom is -0.448 e. The number of rotatable bonds is 3. The van der Waals surface area contributed by atoms with Gasteiger partial charge in [-0.05, 0) is 41.7 Å². The highest BCUT2D eigenvalue weighted by Crippen LogP contribution is 2.44. The highest BCUT2D eigenvalue weighted by molar-refractivity contribution is 5.79. The molecule has 1 amide bonds. The lowest BCUT2D eigenvalue weighted by molar-refractivity contribution is -0.142. The van der Waals surface area contributed by atoms with Crippen LogP contribution in [0.2, 0.25) is 0 Å². The zero-order valence-corrected chi connectivity index (χ0v) is 19.5. The Morgan fingerprint density at radius 3 is 2.39 bits per heavy atom. The summed E-state index contributed by atoms with van der Waals surface area (Å²) >= 11 is 0. The van der Waals surface area contributed by atoms with Crippen molar-refractivity contribution in [2.45, 2.75) is 31.4 Å². The third kappa shape index (κ3) is 3.79. The lowest BCUT2D eigenvalue weighted by atomic mass is 9.98. The van der Waals surface area contributed by atoms with E-state index in [2.05, 4.69) is 34.3 Å². The Morgan fingerprint density at radius 1 is 1.06 bits per heavy atom. The Bertz CT molecular complexity index is 1430. The SMILES string of the molecule is Cc1cc(C(F)(F)F)n2nc([C@H]3CCN(C(=O)OCC4c5ccccc5-c5ccccc54)C3)cc2n1. The van der Waals surface area contributed by atoms with E-state index < -0.39 is 18.0 Å². The number of hydrogen-bond donors (Lipinski definition) is 0. The number of amides is 1. The first-order valence-corrected chi connectivity index (χ1v) is 11.8. The fraction of sp³-hybridized carbons (Fsp3) is 0.296. The molecular weight excluding hydrogens is 469 g/mol. The van der Waals surface area contributed by atoms with Crippen molar-refractivity contribution in [3.05, 3.63) is 88.9 Å². The highest BCUT2D eigenvalue weighted by atomic mass is 19.4. The van der Waals surface area contributed by atoms with Crippen molar-refractivity contribution in [3.8, 4) is 11.1 Å². The molecule has 0 radical (unpaired) electrons. The number of aromatic nitrogens is 3. The molecule has 1 atom stereocenters. The number of carbonyl (C=O) groups is 1. The van der Waals surface area contributed by atoms with E-state index in [-0.39, 0.29) is 29.8 Å². The van der Waals surface area contributed by atoms with Gasteiger partial charge in [-0.25, -0.2) is 14.3 Å². The molecular formula is C27H23F3N4O2. The molecule has 6 rings (SSSR count). The van der Waals surface area contributed by atoms with Crippen LogP contribution in [-0.2, 0) is 10.9 Å². The second-order valence-corrected chi connectivity index (χ2v) is 9.36. The van der Waals surface area contributed by atoms with Crippen molar-refractivity contribution in [1.29, 1.82) is 0 Å². The maximum Gasteiger partial charge on any atom is 0.433 e.